The first-order chi connectivity index (χ1) is 7.41. The zero-order valence-electron chi connectivity index (χ0n) is 8.46. The SMILES string of the molecule is CC(C(=O)Nc1cc(F)ccc1F)C(N)=S. The molecule has 16 heavy (non-hydrogen) atoms. The lowest BCUT2D eigenvalue weighted by molar-refractivity contribution is -0.117. The molecule has 0 fully saturated rings. The van der Waals surface area contributed by atoms with Gasteiger partial charge in [-0.25, -0.2) is 8.78 Å². The molecule has 1 rings (SSSR count). The van der Waals surface area contributed by atoms with E-state index in [9.17, 15) is 13.6 Å². The topological polar surface area (TPSA) is 55.1 Å². The van der Waals surface area contributed by atoms with Gasteiger partial charge >= 0.3 is 0 Å². The summed E-state index contributed by atoms with van der Waals surface area (Å²) in [5.41, 5.74) is 5.03. The Morgan fingerprint density at radius 3 is 2.69 bits per heavy atom. The van der Waals surface area contributed by atoms with Gasteiger partial charge in [0.05, 0.1) is 16.6 Å². The molecule has 1 aromatic carbocycles. The summed E-state index contributed by atoms with van der Waals surface area (Å²) in [6.07, 6.45) is 0. The van der Waals surface area contributed by atoms with Crippen LogP contribution in [0.4, 0.5) is 14.5 Å². The third-order valence-corrected chi connectivity index (χ3v) is 2.36. The minimum Gasteiger partial charge on any atom is -0.393 e. The molecule has 0 spiro atoms. The first-order valence-electron chi connectivity index (χ1n) is 4.47. The van der Waals surface area contributed by atoms with Crippen LogP contribution in [0.3, 0.4) is 0 Å². The fourth-order valence-electron chi connectivity index (χ4n) is 0.963. The number of benzene rings is 1. The highest BCUT2D eigenvalue weighted by Crippen LogP contribution is 2.16. The van der Waals surface area contributed by atoms with Crippen molar-refractivity contribution in [2.24, 2.45) is 11.7 Å². The Morgan fingerprint density at radius 1 is 1.50 bits per heavy atom. The Morgan fingerprint density at radius 2 is 2.12 bits per heavy atom. The third kappa shape index (κ3) is 2.96. The van der Waals surface area contributed by atoms with E-state index in [4.69, 9.17) is 5.73 Å². The average Bonchev–Trinajstić information content (AvgIpc) is 2.22. The molecule has 1 atom stereocenters. The molecule has 0 aliphatic rings. The number of hydrogen-bond donors (Lipinski definition) is 2. The van der Waals surface area contributed by atoms with Crippen molar-refractivity contribution in [2.45, 2.75) is 6.92 Å². The molecule has 1 amide bonds. The molecule has 0 bridgehead atoms. The molecule has 0 saturated heterocycles. The van der Waals surface area contributed by atoms with Crippen LogP contribution >= 0.6 is 12.2 Å². The molecule has 3 N–H and O–H groups in total. The predicted octanol–water partition coefficient (Wildman–Crippen LogP) is 1.83. The van der Waals surface area contributed by atoms with E-state index in [1.807, 2.05) is 0 Å². The summed E-state index contributed by atoms with van der Waals surface area (Å²) >= 11 is 4.62. The molecular weight excluding hydrogens is 234 g/mol. The zero-order chi connectivity index (χ0) is 12.3. The van der Waals surface area contributed by atoms with Gasteiger partial charge < -0.3 is 11.1 Å². The molecule has 86 valence electrons. The van der Waals surface area contributed by atoms with Crippen molar-refractivity contribution in [1.29, 1.82) is 0 Å². The number of rotatable bonds is 3. The summed E-state index contributed by atoms with van der Waals surface area (Å²) in [6, 6.07) is 2.78. The van der Waals surface area contributed by atoms with E-state index in [0.29, 0.717) is 0 Å². The van der Waals surface area contributed by atoms with E-state index in [1.54, 1.807) is 0 Å². The predicted molar refractivity (Wildman–Crippen MR) is 60.9 cm³/mol. The van der Waals surface area contributed by atoms with Crippen LogP contribution in [0.2, 0.25) is 0 Å². The second-order valence-corrected chi connectivity index (χ2v) is 3.71. The fourth-order valence-corrected chi connectivity index (χ4v) is 1.07. The first-order valence-corrected chi connectivity index (χ1v) is 4.88. The van der Waals surface area contributed by atoms with Crippen LogP contribution in [-0.2, 0) is 4.79 Å². The molecule has 0 saturated carbocycles. The maximum atomic E-state index is 13.1. The number of anilines is 1. The van der Waals surface area contributed by atoms with E-state index in [-0.39, 0.29) is 10.7 Å². The molecular formula is C10H10F2N2OS. The van der Waals surface area contributed by atoms with Crippen molar-refractivity contribution < 1.29 is 13.6 Å². The maximum Gasteiger partial charge on any atom is 0.234 e. The van der Waals surface area contributed by atoms with Gasteiger partial charge in [-0.15, -0.1) is 0 Å². The average molecular weight is 244 g/mol. The van der Waals surface area contributed by atoms with Crippen molar-refractivity contribution >= 4 is 28.8 Å². The molecule has 6 heteroatoms. The lowest BCUT2D eigenvalue weighted by Crippen LogP contribution is -2.31. The van der Waals surface area contributed by atoms with Gasteiger partial charge in [0, 0.05) is 6.07 Å². The Balaban J connectivity index is 2.84. The maximum absolute atomic E-state index is 13.1. The molecule has 1 aromatic rings. The van der Waals surface area contributed by atoms with Crippen molar-refractivity contribution in [3.05, 3.63) is 29.8 Å². The molecule has 0 aliphatic carbocycles. The quantitative estimate of drug-likeness (QED) is 0.797. The molecule has 0 heterocycles. The van der Waals surface area contributed by atoms with Gasteiger partial charge in [-0.2, -0.15) is 0 Å². The van der Waals surface area contributed by atoms with Crippen LogP contribution in [0.15, 0.2) is 18.2 Å². The van der Waals surface area contributed by atoms with Crippen LogP contribution in [0, 0.1) is 17.6 Å². The zero-order valence-corrected chi connectivity index (χ0v) is 9.28. The van der Waals surface area contributed by atoms with Crippen LogP contribution in [0.25, 0.3) is 0 Å². The first kappa shape index (κ1) is 12.5. The normalized spacial score (nSPS) is 11.9. The Kier molecular flexibility index (Phi) is 3.89. The van der Waals surface area contributed by atoms with Gasteiger partial charge in [0.1, 0.15) is 11.6 Å². The number of nitrogens with two attached hydrogens (primary N) is 1. The number of halogens is 2. The van der Waals surface area contributed by atoms with Gasteiger partial charge in [-0.3, -0.25) is 4.79 Å². The molecule has 0 aromatic heterocycles. The Bertz CT molecular complexity index is 437. The van der Waals surface area contributed by atoms with E-state index in [0.717, 1.165) is 18.2 Å². The summed E-state index contributed by atoms with van der Waals surface area (Å²) in [7, 11) is 0. The van der Waals surface area contributed by atoms with E-state index >= 15 is 0 Å². The Hall–Kier alpha value is -1.56. The highest BCUT2D eigenvalue weighted by atomic mass is 32.1. The summed E-state index contributed by atoms with van der Waals surface area (Å²) in [5, 5.41) is 2.21. The van der Waals surface area contributed by atoms with Gasteiger partial charge in [0.25, 0.3) is 0 Å². The van der Waals surface area contributed by atoms with Crippen molar-refractivity contribution in [3.63, 3.8) is 0 Å². The smallest absolute Gasteiger partial charge is 0.234 e. The van der Waals surface area contributed by atoms with Crippen LogP contribution in [0.1, 0.15) is 6.92 Å². The van der Waals surface area contributed by atoms with Crippen molar-refractivity contribution in [1.82, 2.24) is 0 Å². The van der Waals surface area contributed by atoms with Crippen molar-refractivity contribution in [2.75, 3.05) is 5.32 Å². The lowest BCUT2D eigenvalue weighted by Gasteiger charge is -2.11. The van der Waals surface area contributed by atoms with E-state index < -0.39 is 23.5 Å². The highest BCUT2D eigenvalue weighted by Gasteiger charge is 2.17. The van der Waals surface area contributed by atoms with Crippen molar-refractivity contribution in [3.8, 4) is 0 Å². The molecule has 3 nitrogen and oxygen atoms in total. The van der Waals surface area contributed by atoms with Crippen LogP contribution in [0.5, 0.6) is 0 Å². The number of carbonyl (C=O) groups is 1. The lowest BCUT2D eigenvalue weighted by atomic mass is 10.1. The summed E-state index contributed by atoms with van der Waals surface area (Å²) in [4.78, 5) is 11.4. The standard InChI is InChI=1S/C10H10F2N2OS/c1-5(9(13)16)10(15)14-8-4-6(11)2-3-7(8)12/h2-5H,1H3,(H2,13,16)(H,14,15). The number of carbonyl (C=O) groups excluding carboxylic acids is 1. The van der Waals surface area contributed by atoms with Crippen LogP contribution in [-0.4, -0.2) is 10.9 Å². The van der Waals surface area contributed by atoms with Gasteiger partial charge in [0.15, 0.2) is 0 Å². The number of thiocarbonyl (C=S) groups is 1. The monoisotopic (exact) mass is 244 g/mol. The van der Waals surface area contributed by atoms with E-state index in [1.165, 1.54) is 6.92 Å². The minimum atomic E-state index is -0.738. The minimum absolute atomic E-state index is 0.00527. The van der Waals surface area contributed by atoms with Crippen LogP contribution < -0.4 is 11.1 Å². The molecule has 1 unspecified atom stereocenters. The van der Waals surface area contributed by atoms with Gasteiger partial charge in [-0.05, 0) is 19.1 Å². The second kappa shape index (κ2) is 4.98. The van der Waals surface area contributed by atoms with Gasteiger partial charge in [0.2, 0.25) is 5.91 Å². The molecule has 0 radical (unpaired) electrons. The summed E-state index contributed by atoms with van der Waals surface area (Å²) in [5.74, 6) is -2.67. The summed E-state index contributed by atoms with van der Waals surface area (Å²) < 4.78 is 25.9. The van der Waals surface area contributed by atoms with Gasteiger partial charge in [-0.1, -0.05) is 12.2 Å². The number of nitrogens with one attached hydrogen (secondary N) is 1. The fraction of sp³-hybridized carbons (Fsp3) is 0.200. The second-order valence-electron chi connectivity index (χ2n) is 3.24. The van der Waals surface area contributed by atoms with E-state index in [2.05, 4.69) is 17.5 Å². The largest absolute Gasteiger partial charge is 0.393 e. The number of amides is 1. The number of hydrogen-bond acceptors (Lipinski definition) is 2. The molecule has 0 aliphatic heterocycles. The highest BCUT2D eigenvalue weighted by molar-refractivity contribution is 7.80. The Labute approximate surface area is 96.6 Å². The summed E-state index contributed by atoms with van der Waals surface area (Å²) in [6.45, 7) is 1.48. The third-order valence-electron chi connectivity index (χ3n) is 2.01.